The maximum absolute atomic E-state index is 12.7. The van der Waals surface area contributed by atoms with Crippen LogP contribution in [0.15, 0.2) is 34.2 Å². The Labute approximate surface area is 173 Å². The average Bonchev–Trinajstić information content (AvgIpc) is 2.94. The molecule has 1 aromatic carbocycles. The molecule has 1 aromatic rings. The summed E-state index contributed by atoms with van der Waals surface area (Å²) in [5, 5.41) is 2.89. The fourth-order valence-corrected chi connectivity index (χ4v) is 5.14. The standard InChI is InChI=1S/C21H31N3O4S/c1-14(2)19(21(25)22-12-13-28-17-10-6-4-8-15(17)3)23-20-16-9-5-7-11-18(16)29(26,27)24-20/h5,7,9,11,14-15,17,19H,4,6,8,10,12-13H2,1-3H3,(H,22,25)(H,23,24)/t15?,17?,19-/m0/s1. The lowest BCUT2D eigenvalue weighted by molar-refractivity contribution is -0.123. The Bertz CT molecular complexity index is 866. The predicted octanol–water partition coefficient (Wildman–Crippen LogP) is 2.46. The van der Waals surface area contributed by atoms with Crippen LogP contribution in [-0.2, 0) is 19.6 Å². The maximum Gasteiger partial charge on any atom is 0.263 e. The number of amides is 1. The number of carbonyl (C=O) groups is 1. The summed E-state index contributed by atoms with van der Waals surface area (Å²) in [5.41, 5.74) is 0.501. The molecule has 3 atom stereocenters. The van der Waals surface area contributed by atoms with Crippen molar-refractivity contribution in [1.82, 2.24) is 10.0 Å². The van der Waals surface area contributed by atoms with Gasteiger partial charge >= 0.3 is 0 Å². The van der Waals surface area contributed by atoms with E-state index in [1.807, 2.05) is 13.8 Å². The van der Waals surface area contributed by atoms with Crippen molar-refractivity contribution in [2.45, 2.75) is 63.5 Å². The topological polar surface area (TPSA) is 96.9 Å². The second-order valence-electron chi connectivity index (χ2n) is 8.23. The zero-order valence-corrected chi connectivity index (χ0v) is 18.2. The van der Waals surface area contributed by atoms with Crippen molar-refractivity contribution in [2.75, 3.05) is 13.2 Å². The Morgan fingerprint density at radius 2 is 2.00 bits per heavy atom. The quantitative estimate of drug-likeness (QED) is 0.661. The fourth-order valence-electron chi connectivity index (χ4n) is 3.90. The Kier molecular flexibility index (Phi) is 6.95. The number of sulfonamides is 1. The Balaban J connectivity index is 1.61. The molecule has 1 heterocycles. The summed E-state index contributed by atoms with van der Waals surface area (Å²) in [7, 11) is -3.62. The van der Waals surface area contributed by atoms with Gasteiger partial charge in [0.05, 0.1) is 17.6 Å². The van der Waals surface area contributed by atoms with E-state index in [1.54, 1.807) is 18.2 Å². The van der Waals surface area contributed by atoms with Gasteiger partial charge in [-0.25, -0.2) is 8.42 Å². The summed E-state index contributed by atoms with van der Waals surface area (Å²) in [5.74, 6) is 0.474. The Hall–Kier alpha value is -1.93. The highest BCUT2D eigenvalue weighted by Crippen LogP contribution is 2.26. The number of ether oxygens (including phenoxy) is 1. The monoisotopic (exact) mass is 421 g/mol. The van der Waals surface area contributed by atoms with E-state index >= 15 is 0 Å². The first-order valence-corrected chi connectivity index (χ1v) is 11.9. The lowest BCUT2D eigenvalue weighted by Crippen LogP contribution is -2.40. The van der Waals surface area contributed by atoms with Crippen LogP contribution in [0.3, 0.4) is 0 Å². The summed E-state index contributed by atoms with van der Waals surface area (Å²) in [6, 6.07) is 5.97. The number of rotatable bonds is 7. The minimum atomic E-state index is -3.62. The highest BCUT2D eigenvalue weighted by atomic mass is 32.2. The molecule has 1 amide bonds. The van der Waals surface area contributed by atoms with Crippen LogP contribution >= 0.6 is 0 Å². The van der Waals surface area contributed by atoms with Crippen molar-refractivity contribution in [3.63, 3.8) is 0 Å². The molecular formula is C21H31N3O4S. The van der Waals surface area contributed by atoms with E-state index in [4.69, 9.17) is 4.74 Å². The molecule has 2 unspecified atom stereocenters. The fraction of sp³-hybridized carbons (Fsp3) is 0.619. The first-order valence-electron chi connectivity index (χ1n) is 10.4. The summed E-state index contributed by atoms with van der Waals surface area (Å²) in [6.07, 6.45) is 5.01. The van der Waals surface area contributed by atoms with Gasteiger partial charge in [-0.2, -0.15) is 0 Å². The van der Waals surface area contributed by atoms with Crippen LogP contribution < -0.4 is 10.0 Å². The lowest BCUT2D eigenvalue weighted by atomic mass is 9.88. The van der Waals surface area contributed by atoms with Gasteiger partial charge in [-0.3, -0.25) is 14.5 Å². The molecule has 160 valence electrons. The summed E-state index contributed by atoms with van der Waals surface area (Å²) >= 11 is 0. The van der Waals surface area contributed by atoms with Gasteiger partial charge in [-0.1, -0.05) is 45.7 Å². The lowest BCUT2D eigenvalue weighted by Gasteiger charge is -2.28. The Morgan fingerprint density at radius 3 is 2.72 bits per heavy atom. The van der Waals surface area contributed by atoms with E-state index in [2.05, 4.69) is 22.0 Å². The number of nitrogens with zero attached hydrogens (tertiary/aromatic N) is 1. The van der Waals surface area contributed by atoms with E-state index in [1.165, 1.54) is 25.3 Å². The van der Waals surface area contributed by atoms with Gasteiger partial charge in [0.25, 0.3) is 10.0 Å². The van der Waals surface area contributed by atoms with Crippen molar-refractivity contribution >= 4 is 21.8 Å². The number of hydrogen-bond donors (Lipinski definition) is 2. The number of hydrogen-bond acceptors (Lipinski definition) is 5. The van der Waals surface area contributed by atoms with Gasteiger partial charge in [0.15, 0.2) is 0 Å². The minimum absolute atomic E-state index is 0.0842. The van der Waals surface area contributed by atoms with Gasteiger partial charge < -0.3 is 10.1 Å². The molecule has 2 N–H and O–H groups in total. The third-order valence-electron chi connectivity index (χ3n) is 5.60. The second-order valence-corrected chi connectivity index (χ2v) is 9.88. The van der Waals surface area contributed by atoms with E-state index in [-0.39, 0.29) is 28.7 Å². The minimum Gasteiger partial charge on any atom is -0.376 e. The third kappa shape index (κ3) is 5.17. The molecule has 2 aliphatic rings. The molecule has 0 saturated heterocycles. The number of carbonyl (C=O) groups excluding carboxylic acids is 1. The molecule has 8 heteroatoms. The zero-order valence-electron chi connectivity index (χ0n) is 17.3. The van der Waals surface area contributed by atoms with Crippen molar-refractivity contribution in [3.05, 3.63) is 29.8 Å². The van der Waals surface area contributed by atoms with Gasteiger partial charge in [0.1, 0.15) is 11.9 Å². The molecule has 29 heavy (non-hydrogen) atoms. The van der Waals surface area contributed by atoms with Crippen LogP contribution in [0.5, 0.6) is 0 Å². The van der Waals surface area contributed by atoms with Crippen molar-refractivity contribution in [1.29, 1.82) is 0 Å². The van der Waals surface area contributed by atoms with Crippen molar-refractivity contribution in [2.24, 2.45) is 16.8 Å². The summed E-state index contributed by atoms with van der Waals surface area (Å²) in [6.45, 7) is 6.89. The number of aliphatic imine (C=N–C) groups is 1. The highest BCUT2D eigenvalue weighted by Gasteiger charge is 2.32. The average molecular weight is 422 g/mol. The number of nitrogens with one attached hydrogen (secondary N) is 2. The normalized spacial score (nSPS) is 25.4. The number of fused-ring (bicyclic) bond motifs is 1. The molecule has 1 saturated carbocycles. The molecular weight excluding hydrogens is 390 g/mol. The zero-order chi connectivity index (χ0) is 21.0. The number of benzene rings is 1. The van der Waals surface area contributed by atoms with E-state index in [0.717, 1.165) is 6.42 Å². The predicted molar refractivity (Wildman–Crippen MR) is 112 cm³/mol. The van der Waals surface area contributed by atoms with Crippen molar-refractivity contribution in [3.8, 4) is 0 Å². The van der Waals surface area contributed by atoms with E-state index < -0.39 is 16.1 Å². The molecule has 1 aliphatic heterocycles. The van der Waals surface area contributed by atoms with Crippen LogP contribution in [0.25, 0.3) is 0 Å². The van der Waals surface area contributed by atoms with Crippen LogP contribution in [0, 0.1) is 11.8 Å². The van der Waals surface area contributed by atoms with Crippen LogP contribution in [-0.4, -0.2) is 45.5 Å². The molecule has 0 aromatic heterocycles. The van der Waals surface area contributed by atoms with Gasteiger partial charge in [0.2, 0.25) is 5.91 Å². The first kappa shape index (κ1) is 21.8. The van der Waals surface area contributed by atoms with Crippen LogP contribution in [0.1, 0.15) is 52.0 Å². The number of amidine groups is 1. The van der Waals surface area contributed by atoms with Crippen molar-refractivity contribution < 1.29 is 17.9 Å². The SMILES string of the molecule is CC1CCCCC1OCCNC(=O)[C@@H](N=C1NS(=O)(=O)c2ccccc21)C(C)C. The molecule has 1 aliphatic carbocycles. The Morgan fingerprint density at radius 1 is 1.28 bits per heavy atom. The first-order chi connectivity index (χ1) is 13.8. The summed E-state index contributed by atoms with van der Waals surface area (Å²) < 4.78 is 32.9. The van der Waals surface area contributed by atoms with Gasteiger partial charge in [0, 0.05) is 12.1 Å². The van der Waals surface area contributed by atoms with Crippen LogP contribution in [0.4, 0.5) is 0 Å². The third-order valence-corrected chi connectivity index (χ3v) is 6.99. The smallest absolute Gasteiger partial charge is 0.263 e. The molecule has 3 rings (SSSR count). The maximum atomic E-state index is 12.7. The van der Waals surface area contributed by atoms with E-state index in [0.29, 0.717) is 24.6 Å². The molecule has 0 radical (unpaired) electrons. The van der Waals surface area contributed by atoms with E-state index in [9.17, 15) is 13.2 Å². The largest absolute Gasteiger partial charge is 0.376 e. The molecule has 1 fully saturated rings. The summed E-state index contributed by atoms with van der Waals surface area (Å²) in [4.78, 5) is 17.4. The molecule has 0 spiro atoms. The van der Waals surface area contributed by atoms with Crippen LogP contribution in [0.2, 0.25) is 0 Å². The van der Waals surface area contributed by atoms with Gasteiger partial charge in [-0.15, -0.1) is 0 Å². The second kappa shape index (κ2) is 9.26. The molecule has 0 bridgehead atoms. The van der Waals surface area contributed by atoms with Gasteiger partial charge in [-0.05, 0) is 36.8 Å². The molecule has 7 nitrogen and oxygen atoms in total. The highest BCUT2D eigenvalue weighted by molar-refractivity contribution is 7.90.